The van der Waals surface area contributed by atoms with Crippen LogP contribution in [0.1, 0.15) is 46.6 Å². The Kier molecular flexibility index (Phi) is 4.28. The van der Waals surface area contributed by atoms with Crippen LogP contribution in [0.3, 0.4) is 0 Å². The van der Waals surface area contributed by atoms with E-state index in [0.29, 0.717) is 0 Å². The van der Waals surface area contributed by atoms with Crippen LogP contribution in [0, 0.1) is 0 Å². The lowest BCUT2D eigenvalue weighted by molar-refractivity contribution is 0.211. The van der Waals surface area contributed by atoms with Gasteiger partial charge in [0.25, 0.3) is 0 Å². The molecule has 2 rings (SSSR count). The smallest absolute Gasteiger partial charge is 0.143 e. The first-order valence-corrected chi connectivity index (χ1v) is 7.63. The second-order valence-electron chi connectivity index (χ2n) is 6.93. The van der Waals surface area contributed by atoms with Gasteiger partial charge < -0.3 is 15.4 Å². The summed E-state index contributed by atoms with van der Waals surface area (Å²) >= 11 is 0. The summed E-state index contributed by atoms with van der Waals surface area (Å²) in [4.78, 5) is 2.38. The zero-order valence-electron chi connectivity index (χ0n) is 13.4. The first-order chi connectivity index (χ1) is 9.31. The molecule has 0 saturated heterocycles. The van der Waals surface area contributed by atoms with Crippen LogP contribution in [-0.4, -0.2) is 25.2 Å². The van der Waals surface area contributed by atoms with Gasteiger partial charge in [0, 0.05) is 12.6 Å². The van der Waals surface area contributed by atoms with Gasteiger partial charge in [-0.1, -0.05) is 33.8 Å². The number of nitrogens with zero attached hydrogens (tertiary/aromatic N) is 1. The van der Waals surface area contributed by atoms with E-state index in [9.17, 15) is 0 Å². The monoisotopic (exact) mass is 276 g/mol. The number of hydrogen-bond donors (Lipinski definition) is 1. The van der Waals surface area contributed by atoms with Gasteiger partial charge >= 0.3 is 0 Å². The van der Waals surface area contributed by atoms with Crippen LogP contribution >= 0.6 is 0 Å². The topological polar surface area (TPSA) is 38.5 Å². The summed E-state index contributed by atoms with van der Waals surface area (Å²) in [6.45, 7) is 12.8. The summed E-state index contributed by atoms with van der Waals surface area (Å²) in [5.41, 5.74) is 8.83. The second kappa shape index (κ2) is 5.65. The molecule has 1 aromatic carbocycles. The molecule has 0 spiro atoms. The maximum Gasteiger partial charge on any atom is 0.143 e. The fourth-order valence-electron chi connectivity index (χ4n) is 2.58. The lowest BCUT2D eigenvalue weighted by Crippen LogP contribution is -2.44. The molecule has 2 N–H and O–H groups in total. The fraction of sp³-hybridized carbons (Fsp3) is 0.647. The normalized spacial score (nSPS) is 20.3. The van der Waals surface area contributed by atoms with Crippen LogP contribution < -0.4 is 15.4 Å². The third-order valence-electron chi connectivity index (χ3n) is 3.95. The van der Waals surface area contributed by atoms with E-state index in [2.05, 4.69) is 57.7 Å². The molecule has 0 aromatic heterocycles. The van der Waals surface area contributed by atoms with Gasteiger partial charge in [0.2, 0.25) is 0 Å². The molecule has 0 aliphatic carbocycles. The van der Waals surface area contributed by atoms with E-state index < -0.39 is 0 Å². The van der Waals surface area contributed by atoms with E-state index in [-0.39, 0.29) is 17.6 Å². The van der Waals surface area contributed by atoms with E-state index in [1.807, 2.05) is 0 Å². The zero-order chi connectivity index (χ0) is 14.9. The summed E-state index contributed by atoms with van der Waals surface area (Å²) in [7, 11) is 0. The van der Waals surface area contributed by atoms with Gasteiger partial charge in [-0.05, 0) is 36.5 Å². The molecule has 1 aliphatic rings. The van der Waals surface area contributed by atoms with Crippen molar-refractivity contribution in [1.29, 1.82) is 0 Å². The summed E-state index contributed by atoms with van der Waals surface area (Å²) in [5.74, 6) is 0.986. The Hall–Kier alpha value is -1.22. The zero-order valence-corrected chi connectivity index (χ0v) is 13.4. The largest absolute Gasteiger partial charge is 0.487 e. The predicted octanol–water partition coefficient (Wildman–Crippen LogP) is 3.31. The highest BCUT2D eigenvalue weighted by molar-refractivity contribution is 5.62. The molecule has 2 atom stereocenters. The van der Waals surface area contributed by atoms with Crippen molar-refractivity contribution in [3.05, 3.63) is 23.8 Å². The first kappa shape index (κ1) is 15.2. The van der Waals surface area contributed by atoms with Crippen molar-refractivity contribution in [3.63, 3.8) is 0 Å². The number of fused-ring (bicyclic) bond motifs is 1. The Labute approximate surface area is 123 Å². The minimum absolute atomic E-state index is 0.149. The predicted molar refractivity (Wildman–Crippen MR) is 85.7 cm³/mol. The van der Waals surface area contributed by atoms with Gasteiger partial charge in [0.1, 0.15) is 11.9 Å². The molecule has 0 saturated carbocycles. The van der Waals surface area contributed by atoms with Gasteiger partial charge in [-0.3, -0.25) is 0 Å². The maximum atomic E-state index is 6.15. The molecule has 20 heavy (non-hydrogen) atoms. The Morgan fingerprint density at radius 3 is 2.70 bits per heavy atom. The highest BCUT2D eigenvalue weighted by atomic mass is 16.5. The SMILES string of the molecule is CCC(N)CN1CC(C)Oc2ccc(C(C)(C)C)cc21. The summed E-state index contributed by atoms with van der Waals surface area (Å²) in [5, 5.41) is 0. The van der Waals surface area contributed by atoms with E-state index in [0.717, 1.165) is 25.3 Å². The molecular formula is C17H28N2O. The number of anilines is 1. The van der Waals surface area contributed by atoms with Crippen molar-refractivity contribution >= 4 is 5.69 Å². The van der Waals surface area contributed by atoms with E-state index in [1.165, 1.54) is 11.3 Å². The van der Waals surface area contributed by atoms with Crippen LogP contribution in [0.4, 0.5) is 5.69 Å². The molecule has 0 radical (unpaired) electrons. The summed E-state index contributed by atoms with van der Waals surface area (Å²) in [6.07, 6.45) is 1.21. The number of rotatable bonds is 3. The Morgan fingerprint density at radius 1 is 1.40 bits per heavy atom. The van der Waals surface area contributed by atoms with Crippen molar-refractivity contribution in [2.75, 3.05) is 18.0 Å². The van der Waals surface area contributed by atoms with Crippen molar-refractivity contribution in [1.82, 2.24) is 0 Å². The fourth-order valence-corrected chi connectivity index (χ4v) is 2.58. The molecule has 3 nitrogen and oxygen atoms in total. The molecule has 1 heterocycles. The third kappa shape index (κ3) is 3.26. The number of benzene rings is 1. The standard InChI is InChI=1S/C17H28N2O/c1-6-14(18)11-19-10-12(2)20-16-8-7-13(9-15(16)19)17(3,4)5/h7-9,12,14H,6,10-11,18H2,1-5H3. The maximum absolute atomic E-state index is 6.15. The van der Waals surface area contributed by atoms with Gasteiger partial charge in [-0.2, -0.15) is 0 Å². The number of hydrogen-bond acceptors (Lipinski definition) is 3. The molecule has 3 heteroatoms. The van der Waals surface area contributed by atoms with Crippen molar-refractivity contribution in [2.24, 2.45) is 5.73 Å². The molecule has 1 aromatic rings. The van der Waals surface area contributed by atoms with Crippen molar-refractivity contribution < 1.29 is 4.74 Å². The summed E-state index contributed by atoms with van der Waals surface area (Å²) in [6, 6.07) is 6.76. The molecule has 2 unspecified atom stereocenters. The minimum atomic E-state index is 0.149. The van der Waals surface area contributed by atoms with Crippen LogP contribution in [0.2, 0.25) is 0 Å². The molecular weight excluding hydrogens is 248 g/mol. The lowest BCUT2D eigenvalue weighted by Gasteiger charge is -2.37. The van der Waals surface area contributed by atoms with Gasteiger partial charge in [0.15, 0.2) is 0 Å². The molecule has 1 aliphatic heterocycles. The van der Waals surface area contributed by atoms with E-state index in [4.69, 9.17) is 10.5 Å². The van der Waals surface area contributed by atoms with Crippen LogP contribution in [-0.2, 0) is 5.41 Å². The Morgan fingerprint density at radius 2 is 2.10 bits per heavy atom. The molecule has 0 fully saturated rings. The highest BCUT2D eigenvalue weighted by Gasteiger charge is 2.26. The van der Waals surface area contributed by atoms with E-state index in [1.54, 1.807) is 0 Å². The van der Waals surface area contributed by atoms with Gasteiger partial charge in [-0.15, -0.1) is 0 Å². The second-order valence-corrected chi connectivity index (χ2v) is 6.93. The Bertz CT molecular complexity index is 465. The van der Waals surface area contributed by atoms with Crippen molar-refractivity contribution in [2.45, 2.75) is 58.6 Å². The third-order valence-corrected chi connectivity index (χ3v) is 3.95. The van der Waals surface area contributed by atoms with Crippen LogP contribution in [0.15, 0.2) is 18.2 Å². The van der Waals surface area contributed by atoms with Gasteiger partial charge in [-0.25, -0.2) is 0 Å². The van der Waals surface area contributed by atoms with E-state index >= 15 is 0 Å². The number of ether oxygens (including phenoxy) is 1. The van der Waals surface area contributed by atoms with Crippen LogP contribution in [0.25, 0.3) is 0 Å². The first-order valence-electron chi connectivity index (χ1n) is 7.63. The molecule has 0 amide bonds. The quantitative estimate of drug-likeness (QED) is 0.920. The molecule has 112 valence electrons. The average molecular weight is 276 g/mol. The van der Waals surface area contributed by atoms with Crippen LogP contribution in [0.5, 0.6) is 5.75 Å². The minimum Gasteiger partial charge on any atom is -0.487 e. The van der Waals surface area contributed by atoms with Gasteiger partial charge in [0.05, 0.1) is 12.2 Å². The Balaban J connectivity index is 2.35. The average Bonchev–Trinajstić information content (AvgIpc) is 2.36. The lowest BCUT2D eigenvalue weighted by atomic mass is 9.86. The highest BCUT2D eigenvalue weighted by Crippen LogP contribution is 2.37. The summed E-state index contributed by atoms with van der Waals surface area (Å²) < 4.78 is 5.96. The number of nitrogens with two attached hydrogens (primary N) is 1. The molecule has 0 bridgehead atoms. The van der Waals surface area contributed by atoms with Crippen molar-refractivity contribution in [3.8, 4) is 5.75 Å².